The van der Waals surface area contributed by atoms with Gasteiger partial charge in [-0.25, -0.2) is 10.2 Å². The number of fused-ring (bicyclic) bond motifs is 2. The van der Waals surface area contributed by atoms with E-state index in [0.717, 1.165) is 37.1 Å². The number of amides is 1. The Morgan fingerprint density at radius 1 is 1.29 bits per heavy atom. The Bertz CT molecular complexity index is 877. The minimum atomic E-state index is -0.714. The van der Waals surface area contributed by atoms with Crippen molar-refractivity contribution >= 4 is 23.3 Å². The quantitative estimate of drug-likeness (QED) is 0.470. The standard InChI is InChI=1S/C20H25N3O5/c1-5-28-18(25)13-8-12(9-15(10-13)23(26)27)17(24)22-21-16-11-14-6-7-20(16,4)19(14,2)3/h8-10,14H,5-7,11H2,1-4H3,(H,22,24)/b21-16-/t14-,20+/m0/s1. The Morgan fingerprint density at radius 2 is 1.96 bits per heavy atom. The zero-order valence-electron chi connectivity index (χ0n) is 16.6. The fourth-order valence-corrected chi connectivity index (χ4v) is 4.46. The summed E-state index contributed by atoms with van der Waals surface area (Å²) in [5, 5.41) is 15.5. The third-order valence-electron chi connectivity index (χ3n) is 6.71. The van der Waals surface area contributed by atoms with E-state index < -0.39 is 16.8 Å². The molecular weight excluding hydrogens is 362 g/mol. The second kappa shape index (κ2) is 7.00. The summed E-state index contributed by atoms with van der Waals surface area (Å²) >= 11 is 0. The van der Waals surface area contributed by atoms with Crippen LogP contribution in [-0.4, -0.2) is 29.1 Å². The monoisotopic (exact) mass is 387 g/mol. The summed E-state index contributed by atoms with van der Waals surface area (Å²) in [7, 11) is 0. The average Bonchev–Trinajstić information content (AvgIpc) is 2.99. The Labute approximate surface area is 163 Å². The zero-order chi connectivity index (χ0) is 20.7. The van der Waals surface area contributed by atoms with E-state index in [1.54, 1.807) is 6.92 Å². The fourth-order valence-electron chi connectivity index (χ4n) is 4.46. The molecule has 2 aliphatic rings. The van der Waals surface area contributed by atoms with Crippen LogP contribution < -0.4 is 5.43 Å². The molecule has 0 saturated heterocycles. The summed E-state index contributed by atoms with van der Waals surface area (Å²) in [4.78, 5) is 35.1. The Balaban J connectivity index is 1.85. The molecule has 3 rings (SSSR count). The van der Waals surface area contributed by atoms with Crippen LogP contribution in [-0.2, 0) is 4.74 Å². The second-order valence-corrected chi connectivity index (χ2v) is 8.24. The van der Waals surface area contributed by atoms with Crippen molar-refractivity contribution in [3.05, 3.63) is 39.4 Å². The van der Waals surface area contributed by atoms with Crippen molar-refractivity contribution in [2.45, 2.75) is 47.0 Å². The van der Waals surface area contributed by atoms with Crippen molar-refractivity contribution in [3.8, 4) is 0 Å². The van der Waals surface area contributed by atoms with Crippen LogP contribution in [0.15, 0.2) is 23.3 Å². The van der Waals surface area contributed by atoms with E-state index in [9.17, 15) is 19.7 Å². The molecule has 8 heteroatoms. The number of nitro groups is 1. The van der Waals surface area contributed by atoms with Crippen LogP contribution in [0.1, 0.15) is 67.7 Å². The highest BCUT2D eigenvalue weighted by Gasteiger charge is 2.60. The number of rotatable bonds is 5. The molecule has 0 radical (unpaired) electrons. The molecule has 0 unspecified atom stereocenters. The number of nitrogens with zero attached hydrogens (tertiary/aromatic N) is 2. The molecule has 0 aromatic heterocycles. The summed E-state index contributed by atoms with van der Waals surface area (Å²) < 4.78 is 4.89. The van der Waals surface area contributed by atoms with E-state index in [2.05, 4.69) is 31.3 Å². The summed E-state index contributed by atoms with van der Waals surface area (Å²) in [5.41, 5.74) is 3.15. The molecule has 28 heavy (non-hydrogen) atoms. The van der Waals surface area contributed by atoms with Crippen molar-refractivity contribution in [2.75, 3.05) is 6.61 Å². The Hall–Kier alpha value is -2.77. The molecule has 1 amide bonds. The second-order valence-electron chi connectivity index (χ2n) is 8.24. The van der Waals surface area contributed by atoms with Gasteiger partial charge in [0.05, 0.1) is 17.1 Å². The van der Waals surface area contributed by atoms with E-state index in [-0.39, 0.29) is 34.3 Å². The van der Waals surface area contributed by atoms with E-state index in [4.69, 9.17) is 4.74 Å². The lowest BCUT2D eigenvalue weighted by Gasteiger charge is -2.34. The van der Waals surface area contributed by atoms with Gasteiger partial charge in [-0.15, -0.1) is 0 Å². The SMILES string of the molecule is CCOC(=O)c1cc(C(=O)N/N=C2/C[C@@H]3CC[C@@]2(C)C3(C)C)cc([N+](=O)[O-])c1. The lowest BCUT2D eigenvalue weighted by molar-refractivity contribution is -0.384. The number of ether oxygens (including phenoxy) is 1. The van der Waals surface area contributed by atoms with Gasteiger partial charge in [-0.05, 0) is 43.6 Å². The summed E-state index contributed by atoms with van der Waals surface area (Å²) in [5.74, 6) is -0.763. The molecule has 2 fully saturated rings. The topological polar surface area (TPSA) is 111 Å². The lowest BCUT2D eigenvalue weighted by Crippen LogP contribution is -2.34. The molecule has 150 valence electrons. The highest BCUT2D eigenvalue weighted by molar-refractivity contribution is 6.00. The normalized spacial score (nSPS) is 26.3. The summed E-state index contributed by atoms with van der Waals surface area (Å²) in [6, 6.07) is 3.51. The summed E-state index contributed by atoms with van der Waals surface area (Å²) in [6.45, 7) is 8.42. The largest absolute Gasteiger partial charge is 0.462 e. The first-order valence-corrected chi connectivity index (χ1v) is 9.44. The first kappa shape index (κ1) is 20.0. The van der Waals surface area contributed by atoms with Gasteiger partial charge >= 0.3 is 5.97 Å². The Morgan fingerprint density at radius 3 is 2.50 bits per heavy atom. The van der Waals surface area contributed by atoms with Gasteiger partial charge in [-0.1, -0.05) is 20.8 Å². The van der Waals surface area contributed by atoms with Gasteiger partial charge in [0.1, 0.15) is 0 Å². The number of hydrogen-bond acceptors (Lipinski definition) is 6. The van der Waals surface area contributed by atoms with E-state index in [1.165, 1.54) is 6.07 Å². The maximum absolute atomic E-state index is 12.6. The van der Waals surface area contributed by atoms with Gasteiger partial charge in [0.15, 0.2) is 0 Å². The molecule has 2 bridgehead atoms. The molecule has 0 aliphatic heterocycles. The number of nitro benzene ring substituents is 1. The molecule has 1 N–H and O–H groups in total. The molecular formula is C20H25N3O5. The van der Waals surface area contributed by atoms with Crippen LogP contribution in [0.4, 0.5) is 5.69 Å². The zero-order valence-corrected chi connectivity index (χ0v) is 16.6. The number of hydrazone groups is 1. The minimum absolute atomic E-state index is 0.00540. The van der Waals surface area contributed by atoms with Gasteiger partial charge < -0.3 is 4.74 Å². The predicted octanol–water partition coefficient (Wildman–Crippen LogP) is 3.70. The lowest BCUT2D eigenvalue weighted by atomic mass is 9.70. The molecule has 0 spiro atoms. The molecule has 0 heterocycles. The molecule has 1 aromatic rings. The fraction of sp³-hybridized carbons (Fsp3) is 0.550. The maximum atomic E-state index is 12.6. The number of hydrogen-bond donors (Lipinski definition) is 1. The van der Waals surface area contributed by atoms with Crippen LogP contribution in [0, 0.1) is 26.9 Å². The van der Waals surface area contributed by atoms with Gasteiger partial charge in [0.25, 0.3) is 11.6 Å². The van der Waals surface area contributed by atoms with Gasteiger partial charge in [-0.2, -0.15) is 5.10 Å². The minimum Gasteiger partial charge on any atom is -0.462 e. The first-order valence-electron chi connectivity index (χ1n) is 9.44. The number of non-ortho nitro benzene ring substituents is 1. The van der Waals surface area contributed by atoms with Crippen LogP contribution in [0.3, 0.4) is 0 Å². The van der Waals surface area contributed by atoms with Gasteiger partial charge in [0, 0.05) is 28.8 Å². The number of carbonyl (C=O) groups excluding carboxylic acids is 2. The predicted molar refractivity (Wildman–Crippen MR) is 103 cm³/mol. The molecule has 2 aliphatic carbocycles. The third kappa shape index (κ3) is 3.16. The number of esters is 1. The maximum Gasteiger partial charge on any atom is 0.338 e. The molecule has 1 aromatic carbocycles. The smallest absolute Gasteiger partial charge is 0.338 e. The number of nitrogens with one attached hydrogen (secondary N) is 1. The molecule has 2 saturated carbocycles. The van der Waals surface area contributed by atoms with Crippen LogP contribution >= 0.6 is 0 Å². The highest BCUT2D eigenvalue weighted by atomic mass is 16.6. The van der Waals surface area contributed by atoms with Crippen molar-refractivity contribution in [1.29, 1.82) is 0 Å². The Kier molecular flexibility index (Phi) is 4.99. The summed E-state index contributed by atoms with van der Waals surface area (Å²) in [6.07, 6.45) is 3.03. The van der Waals surface area contributed by atoms with E-state index in [0.29, 0.717) is 5.92 Å². The van der Waals surface area contributed by atoms with Crippen molar-refractivity contribution in [1.82, 2.24) is 5.43 Å². The third-order valence-corrected chi connectivity index (χ3v) is 6.71. The van der Waals surface area contributed by atoms with Crippen molar-refractivity contribution in [2.24, 2.45) is 21.8 Å². The first-order chi connectivity index (χ1) is 13.1. The van der Waals surface area contributed by atoms with E-state index in [1.807, 2.05) is 0 Å². The van der Waals surface area contributed by atoms with Crippen LogP contribution in [0.25, 0.3) is 0 Å². The van der Waals surface area contributed by atoms with Crippen LogP contribution in [0.5, 0.6) is 0 Å². The number of benzene rings is 1. The highest BCUT2D eigenvalue weighted by Crippen LogP contribution is 2.63. The van der Waals surface area contributed by atoms with Gasteiger partial charge in [-0.3, -0.25) is 14.9 Å². The van der Waals surface area contributed by atoms with Crippen molar-refractivity contribution in [3.63, 3.8) is 0 Å². The average molecular weight is 387 g/mol. The van der Waals surface area contributed by atoms with E-state index >= 15 is 0 Å². The number of carbonyl (C=O) groups is 2. The van der Waals surface area contributed by atoms with Gasteiger partial charge in [0.2, 0.25) is 0 Å². The van der Waals surface area contributed by atoms with Crippen LogP contribution in [0.2, 0.25) is 0 Å². The van der Waals surface area contributed by atoms with Crippen molar-refractivity contribution < 1.29 is 19.2 Å². The molecule has 8 nitrogen and oxygen atoms in total. The molecule has 2 atom stereocenters.